The molecule has 0 radical (unpaired) electrons. The van der Waals surface area contributed by atoms with Crippen LogP contribution in [0.15, 0.2) is 24.5 Å². The van der Waals surface area contributed by atoms with E-state index in [0.717, 1.165) is 19.3 Å². The van der Waals surface area contributed by atoms with Crippen LogP contribution in [0, 0.1) is 5.92 Å². The van der Waals surface area contributed by atoms with Gasteiger partial charge in [-0.3, -0.25) is 4.98 Å². The Labute approximate surface area is 110 Å². The van der Waals surface area contributed by atoms with Crippen LogP contribution < -0.4 is 5.32 Å². The molecule has 0 bridgehead atoms. The van der Waals surface area contributed by atoms with Crippen molar-refractivity contribution in [2.45, 2.75) is 51.2 Å². The lowest BCUT2D eigenvalue weighted by molar-refractivity contribution is -0.0134. The second-order valence-electron chi connectivity index (χ2n) is 5.81. The molecule has 1 aliphatic carbocycles. The van der Waals surface area contributed by atoms with Crippen molar-refractivity contribution >= 4 is 0 Å². The molecule has 0 aromatic carbocycles. The molecular weight excluding hydrogens is 224 g/mol. The molecule has 1 saturated carbocycles. The summed E-state index contributed by atoms with van der Waals surface area (Å²) in [5.74, 6) is 0.641. The van der Waals surface area contributed by atoms with Crippen molar-refractivity contribution in [1.29, 1.82) is 0 Å². The number of nitrogens with one attached hydrogen (secondary N) is 1. The van der Waals surface area contributed by atoms with E-state index in [-0.39, 0.29) is 6.04 Å². The highest BCUT2D eigenvalue weighted by atomic mass is 16.3. The van der Waals surface area contributed by atoms with Gasteiger partial charge in [-0.05, 0) is 43.4 Å². The predicted molar refractivity (Wildman–Crippen MR) is 73.2 cm³/mol. The Morgan fingerprint density at radius 3 is 2.89 bits per heavy atom. The van der Waals surface area contributed by atoms with E-state index in [4.69, 9.17) is 0 Å². The van der Waals surface area contributed by atoms with Crippen LogP contribution in [0.2, 0.25) is 0 Å². The van der Waals surface area contributed by atoms with Crippen LogP contribution >= 0.6 is 0 Å². The van der Waals surface area contributed by atoms with Crippen LogP contribution in [0.5, 0.6) is 0 Å². The minimum Gasteiger partial charge on any atom is -0.389 e. The van der Waals surface area contributed by atoms with Gasteiger partial charge in [0.05, 0.1) is 5.60 Å². The molecule has 18 heavy (non-hydrogen) atoms. The molecule has 0 amide bonds. The van der Waals surface area contributed by atoms with Crippen molar-refractivity contribution in [3.63, 3.8) is 0 Å². The van der Waals surface area contributed by atoms with Gasteiger partial charge in [0, 0.05) is 25.0 Å². The summed E-state index contributed by atoms with van der Waals surface area (Å²) >= 11 is 0. The largest absolute Gasteiger partial charge is 0.389 e. The standard InChI is InChI=1S/C15H24N2O/c1-12-4-3-7-15(18,10-12)11-17-13(2)14-5-8-16-9-6-14/h5-6,8-9,12-13,17-18H,3-4,7,10-11H2,1-2H3. The maximum absolute atomic E-state index is 10.6. The van der Waals surface area contributed by atoms with Gasteiger partial charge in [-0.25, -0.2) is 0 Å². The van der Waals surface area contributed by atoms with Gasteiger partial charge in [0.15, 0.2) is 0 Å². The van der Waals surface area contributed by atoms with Gasteiger partial charge in [0.25, 0.3) is 0 Å². The first-order valence-electron chi connectivity index (χ1n) is 6.95. The number of pyridine rings is 1. The highest BCUT2D eigenvalue weighted by Gasteiger charge is 2.32. The molecule has 3 heteroatoms. The van der Waals surface area contributed by atoms with Gasteiger partial charge in [-0.2, -0.15) is 0 Å². The lowest BCUT2D eigenvalue weighted by atomic mass is 9.79. The summed E-state index contributed by atoms with van der Waals surface area (Å²) < 4.78 is 0. The normalized spacial score (nSPS) is 30.1. The van der Waals surface area contributed by atoms with E-state index < -0.39 is 5.60 Å². The van der Waals surface area contributed by atoms with Crippen LogP contribution in [0.4, 0.5) is 0 Å². The molecule has 3 atom stereocenters. The molecule has 0 saturated heterocycles. The molecule has 1 heterocycles. The van der Waals surface area contributed by atoms with Crippen LogP contribution in [0.3, 0.4) is 0 Å². The molecule has 0 spiro atoms. The smallest absolute Gasteiger partial charge is 0.0774 e. The van der Waals surface area contributed by atoms with Crippen molar-refractivity contribution in [2.24, 2.45) is 5.92 Å². The number of rotatable bonds is 4. The second kappa shape index (κ2) is 5.81. The molecule has 2 rings (SSSR count). The topological polar surface area (TPSA) is 45.1 Å². The van der Waals surface area contributed by atoms with E-state index in [2.05, 4.69) is 24.1 Å². The van der Waals surface area contributed by atoms with E-state index in [1.54, 1.807) is 0 Å². The monoisotopic (exact) mass is 248 g/mol. The van der Waals surface area contributed by atoms with E-state index >= 15 is 0 Å². The summed E-state index contributed by atoms with van der Waals surface area (Å²) in [5, 5.41) is 14.0. The van der Waals surface area contributed by atoms with Gasteiger partial charge in [-0.1, -0.05) is 19.8 Å². The van der Waals surface area contributed by atoms with E-state index in [9.17, 15) is 5.11 Å². The Bertz CT molecular complexity index is 368. The third-order valence-corrected chi connectivity index (χ3v) is 4.01. The Morgan fingerprint density at radius 1 is 1.50 bits per heavy atom. The number of aromatic nitrogens is 1. The molecule has 100 valence electrons. The molecular formula is C15H24N2O. The third kappa shape index (κ3) is 3.53. The molecule has 1 aromatic heterocycles. The molecule has 3 unspecified atom stereocenters. The average molecular weight is 248 g/mol. The fourth-order valence-electron chi connectivity index (χ4n) is 2.91. The van der Waals surface area contributed by atoms with Gasteiger partial charge in [-0.15, -0.1) is 0 Å². The van der Waals surface area contributed by atoms with Crippen LogP contribution in [0.1, 0.15) is 51.1 Å². The molecule has 1 aromatic rings. The summed E-state index contributed by atoms with van der Waals surface area (Å²) in [7, 11) is 0. The fraction of sp³-hybridized carbons (Fsp3) is 0.667. The summed E-state index contributed by atoms with van der Waals surface area (Å²) in [6.45, 7) is 5.04. The van der Waals surface area contributed by atoms with Gasteiger partial charge < -0.3 is 10.4 Å². The summed E-state index contributed by atoms with van der Waals surface area (Å²) in [6.07, 6.45) is 7.86. The zero-order chi connectivity index (χ0) is 13.0. The second-order valence-corrected chi connectivity index (χ2v) is 5.81. The highest BCUT2D eigenvalue weighted by Crippen LogP contribution is 2.32. The van der Waals surface area contributed by atoms with Crippen molar-refractivity contribution < 1.29 is 5.11 Å². The maximum atomic E-state index is 10.6. The number of aliphatic hydroxyl groups is 1. The van der Waals surface area contributed by atoms with E-state index in [1.165, 1.54) is 12.0 Å². The minimum atomic E-state index is -0.515. The Balaban J connectivity index is 1.87. The number of hydrogen-bond acceptors (Lipinski definition) is 3. The first-order valence-corrected chi connectivity index (χ1v) is 6.95. The van der Waals surface area contributed by atoms with Crippen molar-refractivity contribution in [1.82, 2.24) is 10.3 Å². The zero-order valence-corrected chi connectivity index (χ0v) is 11.4. The van der Waals surface area contributed by atoms with E-state index in [1.807, 2.05) is 24.5 Å². The Hall–Kier alpha value is -0.930. The quantitative estimate of drug-likeness (QED) is 0.861. The van der Waals surface area contributed by atoms with Crippen molar-refractivity contribution in [2.75, 3.05) is 6.54 Å². The minimum absolute atomic E-state index is 0.259. The summed E-state index contributed by atoms with van der Waals surface area (Å²) in [6, 6.07) is 4.30. The fourth-order valence-corrected chi connectivity index (χ4v) is 2.91. The van der Waals surface area contributed by atoms with Crippen LogP contribution in [-0.2, 0) is 0 Å². The summed E-state index contributed by atoms with van der Waals surface area (Å²) in [5.41, 5.74) is 0.705. The molecule has 1 fully saturated rings. The van der Waals surface area contributed by atoms with Crippen molar-refractivity contribution in [3.05, 3.63) is 30.1 Å². The first kappa shape index (κ1) is 13.5. The molecule has 2 N–H and O–H groups in total. The first-order chi connectivity index (χ1) is 8.59. The maximum Gasteiger partial charge on any atom is 0.0774 e. The molecule has 3 nitrogen and oxygen atoms in total. The van der Waals surface area contributed by atoms with Crippen molar-refractivity contribution in [3.8, 4) is 0 Å². The molecule has 0 aliphatic heterocycles. The van der Waals surface area contributed by atoms with E-state index in [0.29, 0.717) is 12.5 Å². The zero-order valence-electron chi connectivity index (χ0n) is 11.4. The van der Waals surface area contributed by atoms with Gasteiger partial charge in [0.1, 0.15) is 0 Å². The Morgan fingerprint density at radius 2 is 2.22 bits per heavy atom. The predicted octanol–water partition coefficient (Wildman–Crippen LogP) is 2.67. The molecule has 1 aliphatic rings. The van der Waals surface area contributed by atoms with Crippen LogP contribution in [0.25, 0.3) is 0 Å². The highest BCUT2D eigenvalue weighted by molar-refractivity contribution is 5.14. The average Bonchev–Trinajstić information content (AvgIpc) is 2.37. The summed E-state index contributed by atoms with van der Waals surface area (Å²) in [4.78, 5) is 4.02. The van der Waals surface area contributed by atoms with Gasteiger partial charge >= 0.3 is 0 Å². The number of hydrogen-bond donors (Lipinski definition) is 2. The number of nitrogens with zero attached hydrogens (tertiary/aromatic N) is 1. The van der Waals surface area contributed by atoms with Crippen LogP contribution in [-0.4, -0.2) is 22.2 Å². The SMILES string of the molecule is CC1CCCC(O)(CNC(C)c2ccncc2)C1. The lowest BCUT2D eigenvalue weighted by Gasteiger charge is -2.36. The lowest BCUT2D eigenvalue weighted by Crippen LogP contribution is -2.44. The van der Waals surface area contributed by atoms with Gasteiger partial charge in [0.2, 0.25) is 0 Å². The third-order valence-electron chi connectivity index (χ3n) is 4.01. The Kier molecular flexibility index (Phi) is 4.36.